The Kier molecular flexibility index (Phi) is 60.5. The Morgan fingerprint density at radius 3 is 1.10 bits per heavy atom. The molecule has 0 rings (SSSR count). The summed E-state index contributed by atoms with van der Waals surface area (Å²) in [7, 11) is 0. The van der Waals surface area contributed by atoms with E-state index in [-0.39, 0.29) is 18.5 Å². The van der Waals surface area contributed by atoms with Crippen LogP contribution in [0.3, 0.4) is 0 Å². The molecule has 1 amide bonds. The van der Waals surface area contributed by atoms with Crippen molar-refractivity contribution in [1.82, 2.24) is 5.32 Å². The number of allylic oxidation sites excluding steroid dienone is 7. The van der Waals surface area contributed by atoms with Crippen molar-refractivity contribution in [2.24, 2.45) is 0 Å². The van der Waals surface area contributed by atoms with Crippen LogP contribution >= 0.6 is 0 Å². The number of nitrogens with one attached hydrogen (secondary N) is 1. The van der Waals surface area contributed by atoms with Crippen molar-refractivity contribution in [3.63, 3.8) is 0 Å². The molecule has 0 aliphatic rings. The van der Waals surface area contributed by atoms with E-state index in [2.05, 4.69) is 55.6 Å². The molecule has 0 spiro atoms. The summed E-state index contributed by atoms with van der Waals surface area (Å²) in [6.07, 6.45) is 80.4. The maximum Gasteiger partial charge on any atom is 0.305 e. The van der Waals surface area contributed by atoms with E-state index in [4.69, 9.17) is 4.74 Å². The molecule has 0 radical (unpaired) electrons. The lowest BCUT2D eigenvalue weighted by Gasteiger charge is -2.20. The highest BCUT2D eigenvalue weighted by atomic mass is 16.5. The van der Waals surface area contributed by atoms with Gasteiger partial charge in [-0.2, -0.15) is 0 Å². The van der Waals surface area contributed by atoms with Gasteiger partial charge in [-0.3, -0.25) is 9.59 Å². The number of carbonyl (C=O) groups excluding carboxylic acids is 2. The number of hydrogen-bond acceptors (Lipinski definition) is 5. The van der Waals surface area contributed by atoms with Crippen molar-refractivity contribution in [3.8, 4) is 0 Å². The minimum Gasteiger partial charge on any atom is -0.466 e. The molecule has 0 aliphatic heterocycles. The third kappa shape index (κ3) is 58.9. The molecule has 6 nitrogen and oxygen atoms in total. The highest BCUT2D eigenvalue weighted by molar-refractivity contribution is 5.76. The highest BCUT2D eigenvalue weighted by Crippen LogP contribution is 2.17. The summed E-state index contributed by atoms with van der Waals surface area (Å²) in [4.78, 5) is 24.5. The van der Waals surface area contributed by atoms with Crippen LogP contribution in [-0.2, 0) is 14.3 Å². The highest BCUT2D eigenvalue weighted by Gasteiger charge is 2.18. The van der Waals surface area contributed by atoms with E-state index in [1.807, 2.05) is 6.08 Å². The predicted molar refractivity (Wildman–Crippen MR) is 319 cm³/mol. The number of hydrogen-bond donors (Lipinski definition) is 3. The number of amides is 1. The number of esters is 1. The van der Waals surface area contributed by atoms with Crippen molar-refractivity contribution < 1.29 is 24.5 Å². The van der Waals surface area contributed by atoms with Gasteiger partial charge in [0.15, 0.2) is 0 Å². The second kappa shape index (κ2) is 62.4. The van der Waals surface area contributed by atoms with E-state index in [1.54, 1.807) is 6.08 Å². The van der Waals surface area contributed by atoms with Crippen LogP contribution in [0.4, 0.5) is 0 Å². The molecular formula is C67H125NO5. The molecule has 0 saturated heterocycles. The summed E-state index contributed by atoms with van der Waals surface area (Å²) >= 11 is 0. The first kappa shape index (κ1) is 70.8. The van der Waals surface area contributed by atoms with Crippen molar-refractivity contribution in [2.75, 3.05) is 13.2 Å². The molecule has 0 aliphatic carbocycles. The van der Waals surface area contributed by atoms with E-state index in [9.17, 15) is 19.8 Å². The second-order valence-electron chi connectivity index (χ2n) is 22.1. The van der Waals surface area contributed by atoms with Crippen molar-refractivity contribution >= 4 is 11.9 Å². The molecule has 2 atom stereocenters. The van der Waals surface area contributed by atoms with Gasteiger partial charge in [0.2, 0.25) is 5.91 Å². The fourth-order valence-corrected chi connectivity index (χ4v) is 9.82. The Hall–Kier alpha value is -2.18. The first-order valence-electron chi connectivity index (χ1n) is 32.4. The molecule has 0 fully saturated rings. The van der Waals surface area contributed by atoms with E-state index >= 15 is 0 Å². The van der Waals surface area contributed by atoms with Crippen LogP contribution < -0.4 is 5.32 Å². The molecule has 428 valence electrons. The van der Waals surface area contributed by atoms with Gasteiger partial charge in [0.05, 0.1) is 25.4 Å². The summed E-state index contributed by atoms with van der Waals surface area (Å²) in [6.45, 7) is 4.85. The third-order valence-corrected chi connectivity index (χ3v) is 14.8. The van der Waals surface area contributed by atoms with Gasteiger partial charge in [0.25, 0.3) is 0 Å². The Balaban J connectivity index is 3.35. The average Bonchev–Trinajstić information content (AvgIpc) is 3.39. The molecule has 0 aromatic carbocycles. The van der Waals surface area contributed by atoms with Crippen LogP contribution in [0.2, 0.25) is 0 Å². The first-order valence-corrected chi connectivity index (χ1v) is 32.4. The molecule has 2 unspecified atom stereocenters. The van der Waals surface area contributed by atoms with E-state index in [0.717, 1.165) is 51.4 Å². The number of aliphatic hydroxyl groups is 2. The van der Waals surface area contributed by atoms with Crippen LogP contribution in [0.1, 0.15) is 341 Å². The molecule has 0 heterocycles. The monoisotopic (exact) mass is 1020 g/mol. The van der Waals surface area contributed by atoms with Crippen molar-refractivity contribution in [2.45, 2.75) is 353 Å². The number of ether oxygens (including phenoxy) is 1. The third-order valence-electron chi connectivity index (χ3n) is 14.8. The summed E-state index contributed by atoms with van der Waals surface area (Å²) in [5.41, 5.74) is 0. The summed E-state index contributed by atoms with van der Waals surface area (Å²) in [5.74, 6) is -0.0640. The van der Waals surface area contributed by atoms with Crippen LogP contribution in [-0.4, -0.2) is 47.4 Å². The smallest absolute Gasteiger partial charge is 0.305 e. The van der Waals surface area contributed by atoms with Gasteiger partial charge in [-0.25, -0.2) is 0 Å². The lowest BCUT2D eigenvalue weighted by atomic mass is 10.0. The zero-order valence-electron chi connectivity index (χ0n) is 48.9. The molecule has 0 saturated carbocycles. The maximum atomic E-state index is 12.4. The van der Waals surface area contributed by atoms with Gasteiger partial charge in [0, 0.05) is 12.8 Å². The van der Waals surface area contributed by atoms with E-state index in [1.165, 1.54) is 263 Å². The number of carbonyl (C=O) groups is 2. The quantitative estimate of drug-likeness (QED) is 0.0320. The lowest BCUT2D eigenvalue weighted by Crippen LogP contribution is -2.45. The minimum atomic E-state index is -0.841. The van der Waals surface area contributed by atoms with Gasteiger partial charge >= 0.3 is 5.97 Å². The zero-order chi connectivity index (χ0) is 52.9. The van der Waals surface area contributed by atoms with Gasteiger partial charge < -0.3 is 20.3 Å². The Morgan fingerprint density at radius 2 is 0.699 bits per heavy atom. The first-order chi connectivity index (χ1) is 36.0. The molecule has 3 N–H and O–H groups in total. The van der Waals surface area contributed by atoms with Crippen LogP contribution in [0.15, 0.2) is 48.6 Å². The van der Waals surface area contributed by atoms with Crippen molar-refractivity contribution in [1.29, 1.82) is 0 Å². The summed E-state index contributed by atoms with van der Waals surface area (Å²) in [5, 5.41) is 23.0. The molecule has 73 heavy (non-hydrogen) atoms. The molecule has 0 aromatic heterocycles. The Morgan fingerprint density at radius 1 is 0.384 bits per heavy atom. The van der Waals surface area contributed by atoms with Crippen LogP contribution in [0.25, 0.3) is 0 Å². The van der Waals surface area contributed by atoms with E-state index in [0.29, 0.717) is 19.4 Å². The van der Waals surface area contributed by atoms with Gasteiger partial charge in [0.1, 0.15) is 0 Å². The normalized spacial score (nSPS) is 12.9. The number of rotatable bonds is 60. The number of aliphatic hydroxyl groups excluding tert-OH is 2. The van der Waals surface area contributed by atoms with E-state index < -0.39 is 12.1 Å². The lowest BCUT2D eigenvalue weighted by molar-refractivity contribution is -0.143. The zero-order valence-corrected chi connectivity index (χ0v) is 48.9. The minimum absolute atomic E-state index is 0.00290. The fraction of sp³-hybridized carbons (Fsp3) is 0.851. The standard InChI is InChI=1S/C67H125NO5/c1-3-5-7-9-11-13-15-16-38-41-45-49-53-57-61-67(72)73-62-58-54-50-46-42-39-36-34-32-30-28-26-24-22-20-18-17-19-21-23-25-27-29-31-33-35-37-40-44-48-52-56-60-66(71)68-64(63-69)65(70)59-55-51-47-43-14-12-10-8-6-4-2/h9,11,15-16,20,22,55,59,64-65,69-70H,3-8,10,12-14,17-19,21,23-54,56-58,60-63H2,1-2H3,(H,68,71)/b11-9-,16-15-,22-20-,59-55+. The largest absolute Gasteiger partial charge is 0.466 e. The maximum absolute atomic E-state index is 12.4. The second-order valence-corrected chi connectivity index (χ2v) is 22.1. The predicted octanol–water partition coefficient (Wildman–Crippen LogP) is 20.5. The van der Waals surface area contributed by atoms with Crippen LogP contribution in [0, 0.1) is 0 Å². The van der Waals surface area contributed by atoms with Crippen LogP contribution in [0.5, 0.6) is 0 Å². The number of unbranched alkanes of at least 4 members (excludes halogenated alkanes) is 43. The molecular weight excluding hydrogens is 899 g/mol. The SMILES string of the molecule is CCCC/C=C\C/C=C\CCCCCCCC(=O)OCCCCCCCCCCCCCC/C=C\CCCCCCCCCCCCCCCCCCC(=O)NC(CO)C(O)/C=C/CCCCCCCCCC. The molecule has 6 heteroatoms. The fourth-order valence-electron chi connectivity index (χ4n) is 9.82. The van der Waals surface area contributed by atoms with Gasteiger partial charge in [-0.15, -0.1) is 0 Å². The van der Waals surface area contributed by atoms with Gasteiger partial charge in [-0.05, 0) is 83.5 Å². The topological polar surface area (TPSA) is 95.9 Å². The Labute approximate surface area is 455 Å². The Bertz CT molecular complexity index is 1230. The molecule has 0 bridgehead atoms. The average molecular weight is 1020 g/mol. The molecule has 0 aromatic rings. The summed E-state index contributed by atoms with van der Waals surface area (Å²) in [6, 6.07) is -0.624. The van der Waals surface area contributed by atoms with Gasteiger partial charge in [-0.1, -0.05) is 294 Å². The van der Waals surface area contributed by atoms with Crippen molar-refractivity contribution in [3.05, 3.63) is 48.6 Å². The summed E-state index contributed by atoms with van der Waals surface area (Å²) < 4.78 is 5.48.